The molecule has 30 heavy (non-hydrogen) atoms. The summed E-state index contributed by atoms with van der Waals surface area (Å²) in [5.41, 5.74) is 3.39. The standard InChI is InChI=1S/C24H19FN2O3/c1-14-10-17(22-18(11-14)23(29)27(2)24(22)30)13-21(28)26-20-9-8-16(12-19(20)25)15-6-4-3-5-7-15/h3-12H,13H2,1-2H3,(H,26,28). The summed E-state index contributed by atoms with van der Waals surface area (Å²) in [4.78, 5) is 38.3. The molecular formula is C24H19FN2O3. The predicted octanol–water partition coefficient (Wildman–Crippen LogP) is 4.21. The number of fused-ring (bicyclic) bond motifs is 1. The highest BCUT2D eigenvalue weighted by atomic mass is 19.1. The molecule has 6 heteroatoms. The van der Waals surface area contributed by atoms with E-state index in [9.17, 15) is 18.8 Å². The Labute approximate surface area is 173 Å². The first-order chi connectivity index (χ1) is 14.3. The molecule has 1 heterocycles. The Hall–Kier alpha value is -3.80. The van der Waals surface area contributed by atoms with E-state index in [2.05, 4.69) is 5.32 Å². The molecule has 0 fully saturated rings. The molecule has 1 aliphatic rings. The lowest BCUT2D eigenvalue weighted by atomic mass is 9.97. The number of carbonyl (C=O) groups excluding carboxylic acids is 3. The minimum atomic E-state index is -0.551. The maximum Gasteiger partial charge on any atom is 0.261 e. The Morgan fingerprint density at radius 2 is 1.70 bits per heavy atom. The van der Waals surface area contributed by atoms with Crippen molar-refractivity contribution in [3.05, 3.63) is 88.7 Å². The number of halogens is 1. The maximum atomic E-state index is 14.6. The number of benzene rings is 3. The number of hydrogen-bond acceptors (Lipinski definition) is 3. The molecule has 3 aromatic carbocycles. The Bertz CT molecular complexity index is 1190. The molecular weight excluding hydrogens is 383 g/mol. The molecule has 0 atom stereocenters. The lowest BCUT2D eigenvalue weighted by Gasteiger charge is -2.11. The van der Waals surface area contributed by atoms with E-state index in [0.717, 1.165) is 16.0 Å². The van der Waals surface area contributed by atoms with Gasteiger partial charge in [-0.15, -0.1) is 0 Å². The van der Waals surface area contributed by atoms with Crippen LogP contribution in [-0.2, 0) is 11.2 Å². The first-order valence-corrected chi connectivity index (χ1v) is 9.46. The predicted molar refractivity (Wildman–Crippen MR) is 112 cm³/mol. The van der Waals surface area contributed by atoms with Crippen molar-refractivity contribution in [2.45, 2.75) is 13.3 Å². The van der Waals surface area contributed by atoms with Crippen molar-refractivity contribution >= 4 is 23.4 Å². The van der Waals surface area contributed by atoms with E-state index in [0.29, 0.717) is 16.7 Å². The first kappa shape index (κ1) is 19.5. The minimum absolute atomic E-state index is 0.0588. The summed E-state index contributed by atoms with van der Waals surface area (Å²) in [5, 5.41) is 2.56. The SMILES string of the molecule is Cc1cc(CC(=O)Nc2ccc(-c3ccccc3)cc2F)c2c(c1)C(=O)N(C)C2=O. The molecule has 0 radical (unpaired) electrons. The van der Waals surface area contributed by atoms with Gasteiger partial charge in [0.05, 0.1) is 23.2 Å². The van der Waals surface area contributed by atoms with Crippen LogP contribution in [0.15, 0.2) is 60.7 Å². The van der Waals surface area contributed by atoms with Crippen LogP contribution in [0, 0.1) is 12.7 Å². The van der Waals surface area contributed by atoms with Crippen LogP contribution in [0.5, 0.6) is 0 Å². The lowest BCUT2D eigenvalue weighted by molar-refractivity contribution is -0.115. The van der Waals surface area contributed by atoms with Gasteiger partial charge in [0.2, 0.25) is 5.91 Å². The molecule has 5 nitrogen and oxygen atoms in total. The van der Waals surface area contributed by atoms with E-state index in [-0.39, 0.29) is 23.6 Å². The van der Waals surface area contributed by atoms with Crippen LogP contribution >= 0.6 is 0 Å². The van der Waals surface area contributed by atoms with Crippen LogP contribution in [-0.4, -0.2) is 29.7 Å². The van der Waals surface area contributed by atoms with Crippen LogP contribution in [0.25, 0.3) is 11.1 Å². The highest BCUT2D eigenvalue weighted by Crippen LogP contribution is 2.28. The van der Waals surface area contributed by atoms with E-state index < -0.39 is 17.6 Å². The number of amides is 3. The van der Waals surface area contributed by atoms with E-state index in [4.69, 9.17) is 0 Å². The third kappa shape index (κ3) is 3.48. The van der Waals surface area contributed by atoms with Crippen LogP contribution in [0.4, 0.5) is 10.1 Å². The molecule has 1 aliphatic heterocycles. The van der Waals surface area contributed by atoms with Crippen molar-refractivity contribution in [3.63, 3.8) is 0 Å². The Kier molecular flexibility index (Phi) is 4.91. The van der Waals surface area contributed by atoms with Gasteiger partial charge < -0.3 is 5.32 Å². The third-order valence-electron chi connectivity index (χ3n) is 5.12. The summed E-state index contributed by atoms with van der Waals surface area (Å²) in [6.07, 6.45) is -0.142. The Morgan fingerprint density at radius 3 is 2.40 bits per heavy atom. The van der Waals surface area contributed by atoms with Crippen molar-refractivity contribution in [1.82, 2.24) is 4.90 Å². The summed E-state index contributed by atoms with van der Waals surface area (Å²) in [5.74, 6) is -1.84. The topological polar surface area (TPSA) is 66.5 Å². The summed E-state index contributed by atoms with van der Waals surface area (Å²) < 4.78 is 14.6. The molecule has 0 bridgehead atoms. The van der Waals surface area contributed by atoms with Crippen LogP contribution < -0.4 is 5.32 Å². The maximum absolute atomic E-state index is 14.6. The van der Waals surface area contributed by atoms with Gasteiger partial charge in [-0.2, -0.15) is 0 Å². The van der Waals surface area contributed by atoms with Crippen molar-refractivity contribution in [1.29, 1.82) is 0 Å². The van der Waals surface area contributed by atoms with E-state index in [1.165, 1.54) is 19.2 Å². The molecule has 3 amide bonds. The number of imide groups is 1. The van der Waals surface area contributed by atoms with Gasteiger partial charge in [0.1, 0.15) is 5.82 Å². The second-order valence-corrected chi connectivity index (χ2v) is 7.30. The van der Waals surface area contributed by atoms with E-state index in [1.54, 1.807) is 25.1 Å². The molecule has 0 aromatic heterocycles. The Morgan fingerprint density at radius 1 is 0.967 bits per heavy atom. The highest BCUT2D eigenvalue weighted by molar-refractivity contribution is 6.22. The normalized spacial score (nSPS) is 12.8. The molecule has 1 N–H and O–H groups in total. The monoisotopic (exact) mass is 402 g/mol. The van der Waals surface area contributed by atoms with Gasteiger partial charge >= 0.3 is 0 Å². The lowest BCUT2D eigenvalue weighted by Crippen LogP contribution is -2.24. The van der Waals surface area contributed by atoms with E-state index >= 15 is 0 Å². The smallest absolute Gasteiger partial charge is 0.261 e. The van der Waals surface area contributed by atoms with Gasteiger partial charge in [0.15, 0.2) is 0 Å². The van der Waals surface area contributed by atoms with Gasteiger partial charge in [-0.05, 0) is 47.4 Å². The zero-order valence-corrected chi connectivity index (χ0v) is 16.5. The summed E-state index contributed by atoms with van der Waals surface area (Å²) >= 11 is 0. The summed E-state index contributed by atoms with van der Waals surface area (Å²) in [6, 6.07) is 17.3. The van der Waals surface area contributed by atoms with Crippen LogP contribution in [0.3, 0.4) is 0 Å². The van der Waals surface area contributed by atoms with Gasteiger partial charge in [0.25, 0.3) is 11.8 Å². The van der Waals surface area contributed by atoms with Crippen molar-refractivity contribution < 1.29 is 18.8 Å². The number of carbonyl (C=O) groups is 3. The molecule has 3 aromatic rings. The van der Waals surface area contributed by atoms with Gasteiger partial charge in [0, 0.05) is 7.05 Å². The average molecular weight is 402 g/mol. The fraction of sp³-hybridized carbons (Fsp3) is 0.125. The number of nitrogens with zero attached hydrogens (tertiary/aromatic N) is 1. The van der Waals surface area contributed by atoms with Gasteiger partial charge in [-0.3, -0.25) is 19.3 Å². The number of nitrogens with one attached hydrogen (secondary N) is 1. The van der Waals surface area contributed by atoms with Crippen molar-refractivity contribution in [2.75, 3.05) is 12.4 Å². The van der Waals surface area contributed by atoms with Crippen LogP contribution in [0.2, 0.25) is 0 Å². The average Bonchev–Trinajstić information content (AvgIpc) is 2.94. The zero-order valence-electron chi connectivity index (χ0n) is 16.5. The summed E-state index contributed by atoms with van der Waals surface area (Å²) in [7, 11) is 1.41. The fourth-order valence-electron chi connectivity index (χ4n) is 3.66. The van der Waals surface area contributed by atoms with Gasteiger partial charge in [-0.1, -0.05) is 42.5 Å². The molecule has 0 aliphatic carbocycles. The molecule has 150 valence electrons. The molecule has 0 saturated carbocycles. The Balaban J connectivity index is 1.56. The van der Waals surface area contributed by atoms with Crippen molar-refractivity contribution in [3.8, 4) is 11.1 Å². The molecule has 0 spiro atoms. The number of hydrogen-bond donors (Lipinski definition) is 1. The molecule has 0 unspecified atom stereocenters. The highest BCUT2D eigenvalue weighted by Gasteiger charge is 2.35. The number of anilines is 1. The quantitative estimate of drug-likeness (QED) is 0.665. The van der Waals surface area contributed by atoms with Gasteiger partial charge in [-0.25, -0.2) is 4.39 Å². The second-order valence-electron chi connectivity index (χ2n) is 7.30. The minimum Gasteiger partial charge on any atom is -0.323 e. The first-order valence-electron chi connectivity index (χ1n) is 9.46. The van der Waals surface area contributed by atoms with Crippen LogP contribution in [0.1, 0.15) is 31.8 Å². The largest absolute Gasteiger partial charge is 0.323 e. The summed E-state index contributed by atoms with van der Waals surface area (Å²) in [6.45, 7) is 1.79. The second kappa shape index (κ2) is 7.55. The number of aryl methyl sites for hydroxylation is 1. The third-order valence-corrected chi connectivity index (χ3v) is 5.12. The fourth-order valence-corrected chi connectivity index (χ4v) is 3.66. The number of rotatable bonds is 4. The van der Waals surface area contributed by atoms with Crippen molar-refractivity contribution in [2.24, 2.45) is 0 Å². The molecule has 4 rings (SSSR count). The zero-order chi connectivity index (χ0) is 21.4. The molecule has 0 saturated heterocycles. The van der Waals surface area contributed by atoms with E-state index in [1.807, 2.05) is 30.3 Å².